The molecular weight excluding hydrogens is 319 g/mol. The molecule has 0 spiro atoms. The summed E-state index contributed by atoms with van der Waals surface area (Å²) in [5.41, 5.74) is 3.57. The van der Waals surface area contributed by atoms with Crippen molar-refractivity contribution in [2.24, 2.45) is 0 Å². The fourth-order valence-electron chi connectivity index (χ4n) is 3.00. The number of rotatable bonds is 5. The Morgan fingerprint density at radius 1 is 1.12 bits per heavy atom. The van der Waals surface area contributed by atoms with Crippen LogP contribution in [-0.4, -0.2) is 17.3 Å². The van der Waals surface area contributed by atoms with E-state index in [-0.39, 0.29) is 11.4 Å². The van der Waals surface area contributed by atoms with Crippen molar-refractivity contribution in [2.75, 3.05) is 7.11 Å². The first-order chi connectivity index (χ1) is 12.1. The second-order valence-electron chi connectivity index (χ2n) is 5.82. The third kappa shape index (κ3) is 3.60. The minimum Gasteiger partial charge on any atom is -0.496 e. The van der Waals surface area contributed by atoms with E-state index in [0.717, 1.165) is 22.4 Å². The highest BCUT2D eigenvalue weighted by atomic mass is 19.1. The summed E-state index contributed by atoms with van der Waals surface area (Å²) in [6.45, 7) is 1.85. The lowest BCUT2D eigenvalue weighted by Crippen LogP contribution is -2.18. The van der Waals surface area contributed by atoms with Crippen LogP contribution in [0.3, 0.4) is 0 Å². The van der Waals surface area contributed by atoms with E-state index in [1.807, 2.05) is 37.3 Å². The number of hydrogen-bond acceptors (Lipinski definition) is 3. The standard InChI is InChI=1S/C20H19FN2O2/c1-13-19(16-8-3-4-9-18(16)25-2)17(20(24)23-22-13)11-10-14-6-5-7-15(21)12-14/h3-9,12H,10-11H2,1-2H3,(H,23,24). The van der Waals surface area contributed by atoms with Crippen LogP contribution < -0.4 is 10.3 Å². The van der Waals surface area contributed by atoms with Crippen LogP contribution >= 0.6 is 0 Å². The van der Waals surface area contributed by atoms with Crippen LogP contribution in [0.1, 0.15) is 16.8 Å². The molecule has 0 bridgehead atoms. The van der Waals surface area contributed by atoms with Gasteiger partial charge in [-0.15, -0.1) is 0 Å². The van der Waals surface area contributed by atoms with E-state index >= 15 is 0 Å². The number of H-pyrrole nitrogens is 1. The summed E-state index contributed by atoms with van der Waals surface area (Å²) in [7, 11) is 1.60. The van der Waals surface area contributed by atoms with Gasteiger partial charge in [-0.2, -0.15) is 5.10 Å². The number of nitrogens with one attached hydrogen (secondary N) is 1. The Morgan fingerprint density at radius 2 is 1.92 bits per heavy atom. The smallest absolute Gasteiger partial charge is 0.268 e. The number of benzene rings is 2. The number of aryl methyl sites for hydroxylation is 2. The minimum absolute atomic E-state index is 0.233. The molecule has 1 aromatic heterocycles. The lowest BCUT2D eigenvalue weighted by atomic mass is 9.95. The van der Waals surface area contributed by atoms with E-state index in [0.29, 0.717) is 24.2 Å². The molecule has 0 aliphatic rings. The Kier molecular flexibility index (Phi) is 4.93. The molecule has 0 amide bonds. The Hall–Kier alpha value is -2.95. The van der Waals surface area contributed by atoms with Gasteiger partial charge in [0.15, 0.2) is 0 Å². The zero-order valence-corrected chi connectivity index (χ0v) is 14.2. The van der Waals surface area contributed by atoms with E-state index in [1.54, 1.807) is 13.2 Å². The van der Waals surface area contributed by atoms with Gasteiger partial charge in [-0.05, 0) is 43.5 Å². The van der Waals surface area contributed by atoms with Crippen LogP contribution in [0.25, 0.3) is 11.1 Å². The molecule has 0 atom stereocenters. The Balaban J connectivity index is 2.04. The number of para-hydroxylation sites is 1. The van der Waals surface area contributed by atoms with Gasteiger partial charge in [0.2, 0.25) is 0 Å². The van der Waals surface area contributed by atoms with Gasteiger partial charge < -0.3 is 4.74 Å². The van der Waals surface area contributed by atoms with Crippen molar-refractivity contribution in [2.45, 2.75) is 19.8 Å². The average molecular weight is 338 g/mol. The van der Waals surface area contributed by atoms with Crippen LogP contribution in [0.4, 0.5) is 4.39 Å². The molecule has 0 aliphatic carbocycles. The normalized spacial score (nSPS) is 10.7. The Bertz CT molecular complexity index is 950. The predicted molar refractivity (Wildman–Crippen MR) is 95.4 cm³/mol. The van der Waals surface area contributed by atoms with E-state index in [1.165, 1.54) is 12.1 Å². The van der Waals surface area contributed by atoms with E-state index in [4.69, 9.17) is 4.74 Å². The van der Waals surface area contributed by atoms with Crippen molar-refractivity contribution in [1.29, 1.82) is 0 Å². The largest absolute Gasteiger partial charge is 0.496 e. The number of aromatic amines is 1. The SMILES string of the molecule is COc1ccccc1-c1c(C)n[nH]c(=O)c1CCc1cccc(F)c1. The van der Waals surface area contributed by atoms with E-state index in [9.17, 15) is 9.18 Å². The van der Waals surface area contributed by atoms with Crippen LogP contribution in [-0.2, 0) is 12.8 Å². The van der Waals surface area contributed by atoms with Gasteiger partial charge in [0.05, 0.1) is 12.8 Å². The average Bonchev–Trinajstić information content (AvgIpc) is 2.62. The molecule has 0 saturated carbocycles. The Morgan fingerprint density at radius 3 is 2.68 bits per heavy atom. The quantitative estimate of drug-likeness (QED) is 0.772. The lowest BCUT2D eigenvalue weighted by Gasteiger charge is -2.14. The van der Waals surface area contributed by atoms with Crippen LogP contribution in [0.2, 0.25) is 0 Å². The van der Waals surface area contributed by atoms with Crippen molar-refractivity contribution in [1.82, 2.24) is 10.2 Å². The van der Waals surface area contributed by atoms with Crippen LogP contribution in [0, 0.1) is 12.7 Å². The molecule has 1 N–H and O–H groups in total. The zero-order chi connectivity index (χ0) is 17.8. The van der Waals surface area contributed by atoms with Crippen LogP contribution in [0.15, 0.2) is 53.3 Å². The number of methoxy groups -OCH3 is 1. The first-order valence-electron chi connectivity index (χ1n) is 8.06. The highest BCUT2D eigenvalue weighted by molar-refractivity contribution is 5.74. The van der Waals surface area contributed by atoms with Crippen molar-refractivity contribution in [3.63, 3.8) is 0 Å². The molecule has 5 heteroatoms. The summed E-state index contributed by atoms with van der Waals surface area (Å²) in [6, 6.07) is 14.0. The molecule has 0 unspecified atom stereocenters. The third-order valence-corrected chi connectivity index (χ3v) is 4.19. The first-order valence-corrected chi connectivity index (χ1v) is 8.06. The van der Waals surface area contributed by atoms with Crippen molar-refractivity contribution in [3.05, 3.63) is 81.5 Å². The van der Waals surface area contributed by atoms with Crippen molar-refractivity contribution in [3.8, 4) is 16.9 Å². The maximum absolute atomic E-state index is 13.4. The van der Waals surface area contributed by atoms with Gasteiger partial charge in [0.1, 0.15) is 11.6 Å². The molecule has 2 aromatic carbocycles. The molecule has 3 aromatic rings. The summed E-state index contributed by atoms with van der Waals surface area (Å²) < 4.78 is 18.8. The van der Waals surface area contributed by atoms with Gasteiger partial charge in [0, 0.05) is 16.7 Å². The molecule has 25 heavy (non-hydrogen) atoms. The third-order valence-electron chi connectivity index (χ3n) is 4.19. The molecule has 128 valence electrons. The lowest BCUT2D eigenvalue weighted by molar-refractivity contribution is 0.416. The predicted octanol–water partition coefficient (Wildman–Crippen LogP) is 3.68. The summed E-state index contributed by atoms with van der Waals surface area (Å²) in [4.78, 5) is 12.4. The summed E-state index contributed by atoms with van der Waals surface area (Å²) >= 11 is 0. The number of ether oxygens (including phenoxy) is 1. The first kappa shape index (κ1) is 16.9. The molecular formula is C20H19FN2O2. The fourth-order valence-corrected chi connectivity index (χ4v) is 3.00. The molecule has 1 heterocycles. The molecule has 0 radical (unpaired) electrons. The monoisotopic (exact) mass is 338 g/mol. The van der Waals surface area contributed by atoms with E-state index in [2.05, 4.69) is 10.2 Å². The number of hydrogen-bond donors (Lipinski definition) is 1. The maximum Gasteiger partial charge on any atom is 0.268 e. The minimum atomic E-state index is -0.276. The summed E-state index contributed by atoms with van der Waals surface area (Å²) in [5.74, 6) is 0.410. The molecule has 0 aliphatic heterocycles. The maximum atomic E-state index is 13.4. The van der Waals surface area contributed by atoms with Crippen molar-refractivity contribution >= 4 is 0 Å². The second kappa shape index (κ2) is 7.30. The summed E-state index contributed by atoms with van der Waals surface area (Å²) in [5, 5.41) is 6.65. The molecule has 0 fully saturated rings. The highest BCUT2D eigenvalue weighted by Crippen LogP contribution is 2.33. The highest BCUT2D eigenvalue weighted by Gasteiger charge is 2.17. The van der Waals surface area contributed by atoms with E-state index < -0.39 is 0 Å². The van der Waals surface area contributed by atoms with Crippen LogP contribution in [0.5, 0.6) is 5.75 Å². The number of halogens is 1. The van der Waals surface area contributed by atoms with Gasteiger partial charge in [-0.3, -0.25) is 4.79 Å². The van der Waals surface area contributed by atoms with Gasteiger partial charge in [-0.25, -0.2) is 9.49 Å². The number of nitrogens with zero attached hydrogens (tertiary/aromatic N) is 1. The summed E-state index contributed by atoms with van der Waals surface area (Å²) in [6.07, 6.45) is 1.04. The van der Waals surface area contributed by atoms with Gasteiger partial charge >= 0.3 is 0 Å². The topological polar surface area (TPSA) is 55.0 Å². The zero-order valence-electron chi connectivity index (χ0n) is 14.2. The Labute approximate surface area is 145 Å². The number of aromatic nitrogens is 2. The molecule has 0 saturated heterocycles. The second-order valence-corrected chi connectivity index (χ2v) is 5.82. The molecule has 4 nitrogen and oxygen atoms in total. The van der Waals surface area contributed by atoms with Gasteiger partial charge in [0.25, 0.3) is 5.56 Å². The fraction of sp³-hybridized carbons (Fsp3) is 0.200. The molecule has 3 rings (SSSR count). The van der Waals surface area contributed by atoms with Crippen molar-refractivity contribution < 1.29 is 9.13 Å². The van der Waals surface area contributed by atoms with Gasteiger partial charge in [-0.1, -0.05) is 30.3 Å².